The van der Waals surface area contributed by atoms with Gasteiger partial charge in [-0.2, -0.15) is 0 Å². The fraction of sp³-hybridized carbons (Fsp3) is 0.188. The standard InChI is InChI=1S/C16H15N5O4S/c1-10-7-12(21(23)24)13(25-2)8-11(10)17-15(22)9-26-16-19-18-14-5-3-4-6-20(14)16/h3-8H,9H2,1-2H3,(H,17,22). The summed E-state index contributed by atoms with van der Waals surface area (Å²) < 4.78 is 6.82. The van der Waals surface area contributed by atoms with Crippen LogP contribution >= 0.6 is 11.8 Å². The van der Waals surface area contributed by atoms with Gasteiger partial charge >= 0.3 is 5.69 Å². The lowest BCUT2D eigenvalue weighted by Crippen LogP contribution is -2.15. The summed E-state index contributed by atoms with van der Waals surface area (Å²) in [5.74, 6) is -0.0530. The fourth-order valence-electron chi connectivity index (χ4n) is 2.35. The highest BCUT2D eigenvalue weighted by Gasteiger charge is 2.18. The van der Waals surface area contributed by atoms with E-state index >= 15 is 0 Å². The minimum atomic E-state index is -0.524. The first kappa shape index (κ1) is 17.7. The van der Waals surface area contributed by atoms with Crippen LogP contribution in [-0.4, -0.2) is 38.3 Å². The van der Waals surface area contributed by atoms with E-state index in [9.17, 15) is 14.9 Å². The van der Waals surface area contributed by atoms with E-state index in [0.29, 0.717) is 22.1 Å². The summed E-state index contributed by atoms with van der Waals surface area (Å²) in [7, 11) is 1.34. The van der Waals surface area contributed by atoms with Crippen LogP contribution in [0.1, 0.15) is 5.56 Å². The Labute approximate surface area is 152 Å². The van der Waals surface area contributed by atoms with Crippen LogP contribution in [0.3, 0.4) is 0 Å². The number of aromatic nitrogens is 3. The van der Waals surface area contributed by atoms with Crippen LogP contribution in [0.2, 0.25) is 0 Å². The predicted molar refractivity (Wildman–Crippen MR) is 96.7 cm³/mol. The van der Waals surface area contributed by atoms with Gasteiger partial charge in [-0.1, -0.05) is 17.8 Å². The summed E-state index contributed by atoms with van der Waals surface area (Å²) in [4.78, 5) is 22.8. The van der Waals surface area contributed by atoms with Gasteiger partial charge in [0, 0.05) is 24.0 Å². The lowest BCUT2D eigenvalue weighted by Gasteiger charge is -2.10. The Morgan fingerprint density at radius 2 is 2.19 bits per heavy atom. The molecule has 0 radical (unpaired) electrons. The number of nitrogens with zero attached hydrogens (tertiary/aromatic N) is 4. The molecule has 0 aliphatic rings. The van der Waals surface area contributed by atoms with Crippen LogP contribution in [-0.2, 0) is 4.79 Å². The summed E-state index contributed by atoms with van der Waals surface area (Å²) in [5, 5.41) is 22.4. The van der Waals surface area contributed by atoms with Crippen LogP contribution in [0.15, 0.2) is 41.7 Å². The predicted octanol–water partition coefficient (Wildman–Crippen LogP) is 2.69. The number of ether oxygens (including phenoxy) is 1. The van der Waals surface area contributed by atoms with Gasteiger partial charge in [0.05, 0.1) is 17.8 Å². The van der Waals surface area contributed by atoms with Gasteiger partial charge in [-0.25, -0.2) is 0 Å². The molecule has 3 aromatic rings. The van der Waals surface area contributed by atoms with Crippen LogP contribution in [0.25, 0.3) is 5.65 Å². The number of hydrogen-bond donors (Lipinski definition) is 1. The van der Waals surface area contributed by atoms with Gasteiger partial charge in [0.1, 0.15) is 0 Å². The third-order valence-electron chi connectivity index (χ3n) is 3.61. The molecule has 0 aliphatic heterocycles. The van der Waals surface area contributed by atoms with E-state index in [1.54, 1.807) is 11.3 Å². The van der Waals surface area contributed by atoms with Gasteiger partial charge in [-0.05, 0) is 24.6 Å². The molecule has 3 rings (SSSR count). The number of benzene rings is 1. The zero-order valence-electron chi connectivity index (χ0n) is 14.0. The van der Waals surface area contributed by atoms with Crippen LogP contribution in [0.4, 0.5) is 11.4 Å². The summed E-state index contributed by atoms with van der Waals surface area (Å²) in [5.41, 5.74) is 1.59. The minimum absolute atomic E-state index is 0.0898. The second kappa shape index (κ2) is 7.40. The topological polar surface area (TPSA) is 112 Å². The molecular formula is C16H15N5O4S. The number of aryl methyl sites for hydroxylation is 1. The average molecular weight is 373 g/mol. The molecule has 2 heterocycles. The number of nitro groups is 1. The first-order valence-electron chi connectivity index (χ1n) is 7.55. The Morgan fingerprint density at radius 1 is 1.38 bits per heavy atom. The second-order valence-corrected chi connectivity index (χ2v) is 6.29. The van der Waals surface area contributed by atoms with Crippen molar-refractivity contribution in [3.63, 3.8) is 0 Å². The fourth-order valence-corrected chi connectivity index (χ4v) is 3.07. The van der Waals surface area contributed by atoms with Crippen molar-refractivity contribution in [1.82, 2.24) is 14.6 Å². The van der Waals surface area contributed by atoms with Gasteiger partial charge in [0.15, 0.2) is 16.6 Å². The molecule has 26 heavy (non-hydrogen) atoms. The summed E-state index contributed by atoms with van der Waals surface area (Å²) >= 11 is 1.25. The molecule has 1 aromatic carbocycles. The van der Waals surface area contributed by atoms with Crippen molar-refractivity contribution in [2.24, 2.45) is 0 Å². The van der Waals surface area contributed by atoms with Gasteiger partial charge < -0.3 is 10.1 Å². The quantitative estimate of drug-likeness (QED) is 0.401. The van der Waals surface area contributed by atoms with E-state index in [0.717, 1.165) is 0 Å². The summed E-state index contributed by atoms with van der Waals surface area (Å²) in [6.45, 7) is 1.68. The number of anilines is 1. The zero-order chi connectivity index (χ0) is 18.7. The van der Waals surface area contributed by atoms with E-state index in [-0.39, 0.29) is 23.1 Å². The van der Waals surface area contributed by atoms with E-state index < -0.39 is 4.92 Å². The average Bonchev–Trinajstić information content (AvgIpc) is 3.04. The molecule has 0 fully saturated rings. The molecular weight excluding hydrogens is 358 g/mol. The van der Waals surface area contributed by atoms with Crippen molar-refractivity contribution in [3.8, 4) is 5.75 Å². The number of nitro benzene ring substituents is 1. The second-order valence-electron chi connectivity index (χ2n) is 5.34. The highest BCUT2D eigenvalue weighted by atomic mass is 32.2. The number of hydrogen-bond acceptors (Lipinski definition) is 7. The number of carbonyl (C=O) groups excluding carboxylic acids is 1. The molecule has 0 aliphatic carbocycles. The Bertz CT molecular complexity index is 988. The number of pyridine rings is 1. The third kappa shape index (κ3) is 3.59. The lowest BCUT2D eigenvalue weighted by molar-refractivity contribution is -0.385. The molecule has 0 spiro atoms. The molecule has 10 heteroatoms. The molecule has 0 saturated carbocycles. The van der Waals surface area contributed by atoms with E-state index in [1.165, 1.54) is 31.0 Å². The molecule has 1 amide bonds. The maximum absolute atomic E-state index is 12.3. The Kier molecular flexibility index (Phi) is 5.03. The zero-order valence-corrected chi connectivity index (χ0v) is 14.8. The van der Waals surface area contributed by atoms with Crippen molar-refractivity contribution in [1.29, 1.82) is 0 Å². The van der Waals surface area contributed by atoms with Crippen LogP contribution in [0, 0.1) is 17.0 Å². The number of nitrogens with one attached hydrogen (secondary N) is 1. The van der Waals surface area contributed by atoms with Gasteiger partial charge in [-0.15, -0.1) is 10.2 Å². The van der Waals surface area contributed by atoms with E-state index in [4.69, 9.17) is 4.74 Å². The van der Waals surface area contributed by atoms with Crippen LogP contribution < -0.4 is 10.1 Å². The highest BCUT2D eigenvalue weighted by molar-refractivity contribution is 7.99. The highest BCUT2D eigenvalue weighted by Crippen LogP contribution is 2.32. The summed E-state index contributed by atoms with van der Waals surface area (Å²) in [6, 6.07) is 8.35. The van der Waals surface area contributed by atoms with Gasteiger partial charge in [0.25, 0.3) is 0 Å². The van der Waals surface area contributed by atoms with Crippen LogP contribution in [0.5, 0.6) is 5.75 Å². The number of methoxy groups -OCH3 is 1. The van der Waals surface area contributed by atoms with Crippen molar-refractivity contribution in [2.45, 2.75) is 12.1 Å². The SMILES string of the molecule is COc1cc(NC(=O)CSc2nnc3ccccn23)c(C)cc1[N+](=O)[O-]. The van der Waals surface area contributed by atoms with E-state index in [1.807, 2.05) is 24.4 Å². The molecule has 1 N–H and O–H groups in total. The van der Waals surface area contributed by atoms with Crippen molar-refractivity contribution in [2.75, 3.05) is 18.2 Å². The first-order valence-corrected chi connectivity index (χ1v) is 8.53. The smallest absolute Gasteiger partial charge is 0.311 e. The molecule has 0 bridgehead atoms. The number of carbonyl (C=O) groups is 1. The summed E-state index contributed by atoms with van der Waals surface area (Å²) in [6.07, 6.45) is 1.82. The molecule has 0 unspecified atom stereocenters. The Balaban J connectivity index is 1.71. The molecule has 9 nitrogen and oxygen atoms in total. The first-order chi connectivity index (χ1) is 12.5. The minimum Gasteiger partial charge on any atom is -0.490 e. The molecule has 0 saturated heterocycles. The molecule has 2 aromatic heterocycles. The molecule has 0 atom stereocenters. The third-order valence-corrected chi connectivity index (χ3v) is 4.55. The largest absolute Gasteiger partial charge is 0.490 e. The Hall–Kier alpha value is -3.14. The molecule has 134 valence electrons. The van der Waals surface area contributed by atoms with Gasteiger partial charge in [0.2, 0.25) is 5.91 Å². The van der Waals surface area contributed by atoms with E-state index in [2.05, 4.69) is 15.5 Å². The van der Waals surface area contributed by atoms with Crippen molar-refractivity contribution in [3.05, 3.63) is 52.2 Å². The Morgan fingerprint density at radius 3 is 2.92 bits per heavy atom. The number of amides is 1. The monoisotopic (exact) mass is 373 g/mol. The number of thioether (sulfide) groups is 1. The number of fused-ring (bicyclic) bond motifs is 1. The van der Waals surface area contributed by atoms with Crippen molar-refractivity contribution >= 4 is 34.7 Å². The normalized spacial score (nSPS) is 10.7. The van der Waals surface area contributed by atoms with Crippen molar-refractivity contribution < 1.29 is 14.5 Å². The lowest BCUT2D eigenvalue weighted by atomic mass is 10.1. The van der Waals surface area contributed by atoms with Gasteiger partial charge in [-0.3, -0.25) is 19.3 Å². The maximum atomic E-state index is 12.3. The maximum Gasteiger partial charge on any atom is 0.311 e. The number of rotatable bonds is 6.